The molecule has 2 saturated heterocycles. The molecule has 0 radical (unpaired) electrons. The number of aliphatic carboxylic acids is 2. The van der Waals surface area contributed by atoms with Crippen molar-refractivity contribution >= 4 is 11.9 Å². The standard InChI is InChI=1S/C19H29FN2O.2C2HF3O2/c1-16(2)22-9-10-23-15-19(14-22)7-4-8-21(13-19)12-17-5-3-6-18(20)11-17;2*3-2(4,5)1(6)7/h3,5-6,11,16H,4,7-10,12-15H2,1-2H3;2*(H,6,7). The van der Waals surface area contributed by atoms with Gasteiger partial charge in [-0.25, -0.2) is 14.0 Å². The number of piperidine rings is 1. The maximum absolute atomic E-state index is 13.4. The number of likely N-dealkylation sites (tertiary alicyclic amines) is 1. The van der Waals surface area contributed by atoms with Crippen molar-refractivity contribution in [1.82, 2.24) is 9.80 Å². The Kier molecular flexibility index (Phi) is 12.2. The second kappa shape index (κ2) is 13.9. The van der Waals surface area contributed by atoms with Crippen LogP contribution in [0.3, 0.4) is 0 Å². The third kappa shape index (κ3) is 12.1. The maximum Gasteiger partial charge on any atom is 0.490 e. The number of ether oxygens (including phenoxy) is 1. The molecular weight excluding hydrogens is 517 g/mol. The Labute approximate surface area is 209 Å². The first kappa shape index (κ1) is 32.6. The van der Waals surface area contributed by atoms with Crippen LogP contribution in [0.4, 0.5) is 30.7 Å². The summed E-state index contributed by atoms with van der Waals surface area (Å²) in [6.45, 7) is 11.4. The fourth-order valence-electron chi connectivity index (χ4n) is 4.05. The topological polar surface area (TPSA) is 90.3 Å². The lowest BCUT2D eigenvalue weighted by molar-refractivity contribution is -0.193. The Morgan fingerprint density at radius 1 is 1.03 bits per heavy atom. The lowest BCUT2D eigenvalue weighted by Gasteiger charge is -2.44. The molecule has 0 aliphatic carbocycles. The minimum absolute atomic E-state index is 0.141. The fraction of sp³-hybridized carbons (Fsp3) is 0.652. The molecule has 212 valence electrons. The third-order valence-electron chi connectivity index (χ3n) is 5.72. The molecule has 2 fully saturated rings. The maximum atomic E-state index is 13.4. The van der Waals surface area contributed by atoms with E-state index in [1.54, 1.807) is 12.1 Å². The predicted octanol–water partition coefficient (Wildman–Crippen LogP) is 4.42. The van der Waals surface area contributed by atoms with Gasteiger partial charge in [0.1, 0.15) is 5.82 Å². The van der Waals surface area contributed by atoms with E-state index in [9.17, 15) is 30.7 Å². The molecule has 2 aliphatic heterocycles. The Hall–Kier alpha value is -2.45. The number of carbonyl (C=O) groups is 2. The molecule has 2 N–H and O–H groups in total. The van der Waals surface area contributed by atoms with E-state index in [-0.39, 0.29) is 11.2 Å². The summed E-state index contributed by atoms with van der Waals surface area (Å²) in [5, 5.41) is 14.2. The van der Waals surface area contributed by atoms with Crippen molar-refractivity contribution in [3.8, 4) is 0 Å². The molecular formula is C23H31F7N2O5. The summed E-state index contributed by atoms with van der Waals surface area (Å²) in [5.41, 5.74) is 1.30. The molecule has 3 rings (SSSR count). The smallest absolute Gasteiger partial charge is 0.475 e. The van der Waals surface area contributed by atoms with Crippen molar-refractivity contribution in [2.45, 2.75) is 51.6 Å². The SMILES string of the molecule is CC(C)N1CCOCC2(CCCN(Cc3cccc(F)c3)C2)C1.O=C(O)C(F)(F)F.O=C(O)C(F)(F)F. The quantitative estimate of drug-likeness (QED) is 0.541. The molecule has 0 bridgehead atoms. The normalized spacial score (nSPS) is 21.4. The molecule has 1 unspecified atom stereocenters. The van der Waals surface area contributed by atoms with Crippen molar-refractivity contribution in [1.29, 1.82) is 0 Å². The van der Waals surface area contributed by atoms with Gasteiger partial charge in [0.25, 0.3) is 0 Å². The van der Waals surface area contributed by atoms with E-state index in [0.717, 1.165) is 51.5 Å². The first-order valence-electron chi connectivity index (χ1n) is 11.3. The zero-order chi connectivity index (χ0) is 28.4. The summed E-state index contributed by atoms with van der Waals surface area (Å²) in [7, 11) is 0. The van der Waals surface area contributed by atoms with Gasteiger partial charge in [-0.2, -0.15) is 26.3 Å². The van der Waals surface area contributed by atoms with Crippen molar-refractivity contribution in [3.63, 3.8) is 0 Å². The van der Waals surface area contributed by atoms with Gasteiger partial charge in [-0.05, 0) is 50.9 Å². The lowest BCUT2D eigenvalue weighted by atomic mass is 9.79. The monoisotopic (exact) mass is 548 g/mol. The van der Waals surface area contributed by atoms with Crippen LogP contribution in [0.5, 0.6) is 0 Å². The molecule has 0 aromatic heterocycles. The molecule has 1 atom stereocenters. The van der Waals surface area contributed by atoms with Crippen molar-refractivity contribution < 1.29 is 55.3 Å². The van der Waals surface area contributed by atoms with Gasteiger partial charge in [-0.3, -0.25) is 9.80 Å². The molecule has 2 heterocycles. The van der Waals surface area contributed by atoms with Crippen LogP contribution in [-0.4, -0.2) is 89.7 Å². The van der Waals surface area contributed by atoms with Crippen LogP contribution < -0.4 is 0 Å². The highest BCUT2D eigenvalue weighted by Gasteiger charge is 2.40. The van der Waals surface area contributed by atoms with E-state index >= 15 is 0 Å². The third-order valence-corrected chi connectivity index (χ3v) is 5.72. The zero-order valence-corrected chi connectivity index (χ0v) is 20.4. The van der Waals surface area contributed by atoms with Crippen LogP contribution in [-0.2, 0) is 20.9 Å². The summed E-state index contributed by atoms with van der Waals surface area (Å²) in [6, 6.07) is 7.56. The summed E-state index contributed by atoms with van der Waals surface area (Å²) in [6.07, 6.45) is -7.74. The number of carboxylic acid groups (broad SMARTS) is 2. The van der Waals surface area contributed by atoms with Gasteiger partial charge < -0.3 is 14.9 Å². The molecule has 2 aliphatic rings. The van der Waals surface area contributed by atoms with Crippen LogP contribution in [0, 0.1) is 11.2 Å². The van der Waals surface area contributed by atoms with Crippen LogP contribution in [0.25, 0.3) is 0 Å². The fourth-order valence-corrected chi connectivity index (χ4v) is 4.05. The van der Waals surface area contributed by atoms with E-state index in [2.05, 4.69) is 23.6 Å². The molecule has 14 heteroatoms. The Bertz CT molecular complexity index is 856. The molecule has 0 saturated carbocycles. The second-order valence-corrected chi connectivity index (χ2v) is 9.17. The van der Waals surface area contributed by atoms with Crippen LogP contribution in [0.2, 0.25) is 0 Å². The average Bonchev–Trinajstić information content (AvgIpc) is 2.96. The number of hydrogen-bond donors (Lipinski definition) is 2. The van der Waals surface area contributed by atoms with Gasteiger partial charge in [0, 0.05) is 37.6 Å². The largest absolute Gasteiger partial charge is 0.490 e. The van der Waals surface area contributed by atoms with Gasteiger partial charge in [0.05, 0.1) is 13.2 Å². The average molecular weight is 548 g/mol. The summed E-state index contributed by atoms with van der Waals surface area (Å²) in [4.78, 5) is 22.8. The van der Waals surface area contributed by atoms with Crippen molar-refractivity contribution in [3.05, 3.63) is 35.6 Å². The molecule has 37 heavy (non-hydrogen) atoms. The minimum Gasteiger partial charge on any atom is -0.475 e. The highest BCUT2D eigenvalue weighted by molar-refractivity contribution is 5.73. The number of hydrogen-bond acceptors (Lipinski definition) is 5. The van der Waals surface area contributed by atoms with E-state index in [1.807, 2.05) is 6.07 Å². The predicted molar refractivity (Wildman–Crippen MR) is 118 cm³/mol. The first-order valence-corrected chi connectivity index (χ1v) is 11.3. The van der Waals surface area contributed by atoms with Gasteiger partial charge in [-0.15, -0.1) is 0 Å². The van der Waals surface area contributed by atoms with E-state index in [1.165, 1.54) is 18.9 Å². The Morgan fingerprint density at radius 2 is 1.59 bits per heavy atom. The van der Waals surface area contributed by atoms with E-state index < -0.39 is 24.3 Å². The molecule has 1 spiro atoms. The summed E-state index contributed by atoms with van der Waals surface area (Å²) < 4.78 is 82.8. The lowest BCUT2D eigenvalue weighted by Crippen LogP contribution is -2.51. The van der Waals surface area contributed by atoms with Gasteiger partial charge in [-0.1, -0.05) is 12.1 Å². The highest BCUT2D eigenvalue weighted by atomic mass is 19.4. The van der Waals surface area contributed by atoms with Crippen LogP contribution in [0.1, 0.15) is 32.3 Å². The van der Waals surface area contributed by atoms with Crippen LogP contribution in [0.15, 0.2) is 24.3 Å². The molecule has 1 aromatic carbocycles. The number of alkyl halides is 6. The highest BCUT2D eigenvalue weighted by Crippen LogP contribution is 2.34. The van der Waals surface area contributed by atoms with Gasteiger partial charge in [0.15, 0.2) is 0 Å². The second-order valence-electron chi connectivity index (χ2n) is 9.17. The van der Waals surface area contributed by atoms with Crippen LogP contribution >= 0.6 is 0 Å². The van der Waals surface area contributed by atoms with E-state index in [0.29, 0.717) is 6.04 Å². The van der Waals surface area contributed by atoms with Gasteiger partial charge in [0.2, 0.25) is 0 Å². The van der Waals surface area contributed by atoms with Crippen molar-refractivity contribution in [2.75, 3.05) is 39.4 Å². The Balaban J connectivity index is 0.000000404. The number of rotatable bonds is 3. The zero-order valence-electron chi connectivity index (χ0n) is 20.4. The number of carboxylic acids is 2. The number of nitrogens with zero attached hydrogens (tertiary/aromatic N) is 2. The summed E-state index contributed by atoms with van der Waals surface area (Å²) in [5.74, 6) is -5.65. The Morgan fingerprint density at radius 3 is 2.08 bits per heavy atom. The molecule has 1 aromatic rings. The molecule has 0 amide bonds. The van der Waals surface area contributed by atoms with Gasteiger partial charge >= 0.3 is 24.3 Å². The first-order chi connectivity index (χ1) is 16.9. The van der Waals surface area contributed by atoms with E-state index in [4.69, 9.17) is 24.5 Å². The number of benzene rings is 1. The molecule has 7 nitrogen and oxygen atoms in total. The summed E-state index contributed by atoms with van der Waals surface area (Å²) >= 11 is 0. The van der Waals surface area contributed by atoms with Crippen molar-refractivity contribution in [2.24, 2.45) is 5.41 Å². The minimum atomic E-state index is -5.08. The number of halogens is 7.